The maximum Gasteiger partial charge on any atom is 0.412 e. The summed E-state index contributed by atoms with van der Waals surface area (Å²) in [6.45, 7) is 3.30. The molecule has 0 aliphatic carbocycles. The van der Waals surface area contributed by atoms with Crippen molar-refractivity contribution in [1.82, 2.24) is 9.80 Å². The monoisotopic (exact) mass is 304 g/mol. The topological polar surface area (TPSA) is 51.2 Å². The van der Waals surface area contributed by atoms with Gasteiger partial charge in [-0.15, -0.1) is 0 Å². The zero-order valence-electron chi connectivity index (χ0n) is 12.4. The summed E-state index contributed by atoms with van der Waals surface area (Å²) in [7, 11) is 0. The fourth-order valence-electron chi connectivity index (χ4n) is 3.40. The van der Waals surface area contributed by atoms with Crippen LogP contribution in [0.25, 0.3) is 0 Å². The molecule has 1 aromatic carbocycles. The molecule has 4 fully saturated rings. The van der Waals surface area contributed by atoms with Crippen LogP contribution in [0.4, 0.5) is 4.79 Å². The average molecular weight is 304 g/mol. The molecule has 1 amide bonds. The first-order chi connectivity index (χ1) is 10.8. The number of carbonyl (C=O) groups excluding carboxylic acids is 1. The summed E-state index contributed by atoms with van der Waals surface area (Å²) in [5, 5.41) is 0. The van der Waals surface area contributed by atoms with E-state index in [-0.39, 0.29) is 24.5 Å². The molecule has 5 rings (SSSR count). The van der Waals surface area contributed by atoms with Crippen LogP contribution in [0.3, 0.4) is 0 Å². The molecule has 0 aromatic heterocycles. The molecule has 1 aromatic rings. The van der Waals surface area contributed by atoms with Gasteiger partial charge in [0.2, 0.25) is 0 Å². The molecular formula is C16H20N2O4. The van der Waals surface area contributed by atoms with E-state index in [1.54, 1.807) is 4.90 Å². The third kappa shape index (κ3) is 2.47. The second kappa shape index (κ2) is 5.87. The van der Waals surface area contributed by atoms with Gasteiger partial charge in [-0.2, -0.15) is 0 Å². The van der Waals surface area contributed by atoms with Crippen LogP contribution >= 0.6 is 0 Å². The molecule has 3 atom stereocenters. The van der Waals surface area contributed by atoms with Crippen molar-refractivity contribution in [3.8, 4) is 0 Å². The Balaban J connectivity index is 1.36. The van der Waals surface area contributed by atoms with Crippen molar-refractivity contribution in [1.29, 1.82) is 0 Å². The van der Waals surface area contributed by atoms with Crippen LogP contribution in [0.2, 0.25) is 0 Å². The molecule has 4 saturated heterocycles. The fraction of sp³-hybridized carbons (Fsp3) is 0.562. The third-order valence-corrected chi connectivity index (χ3v) is 4.59. The molecule has 3 unspecified atom stereocenters. The fourth-order valence-corrected chi connectivity index (χ4v) is 3.40. The van der Waals surface area contributed by atoms with Crippen LogP contribution in [0.1, 0.15) is 12.0 Å². The number of rotatable bonds is 3. The van der Waals surface area contributed by atoms with E-state index in [1.807, 2.05) is 30.3 Å². The number of ether oxygens (including phenoxy) is 3. The van der Waals surface area contributed by atoms with Crippen molar-refractivity contribution < 1.29 is 19.0 Å². The van der Waals surface area contributed by atoms with E-state index in [0.717, 1.165) is 25.1 Å². The predicted octanol–water partition coefficient (Wildman–Crippen LogP) is 1.41. The molecule has 0 saturated carbocycles. The SMILES string of the molecule is O=C(OCc1ccccc1)N1CCC2OC1C2N1CCOC1. The van der Waals surface area contributed by atoms with Gasteiger partial charge < -0.3 is 14.2 Å². The molecule has 4 aliphatic rings. The highest BCUT2D eigenvalue weighted by molar-refractivity contribution is 5.68. The second-order valence-electron chi connectivity index (χ2n) is 5.93. The standard InChI is InChI=1S/C16H20N2O4/c19-16(21-10-12-4-2-1-3-5-12)18-7-6-13-14(15(18)22-13)17-8-9-20-11-17/h1-5,13-15H,6-11H2. The lowest BCUT2D eigenvalue weighted by Crippen LogP contribution is -2.72. The Morgan fingerprint density at radius 2 is 2.14 bits per heavy atom. The first-order valence-electron chi connectivity index (χ1n) is 7.77. The number of piperidine rings is 1. The number of carbonyl (C=O) groups is 1. The Kier molecular flexibility index (Phi) is 3.73. The zero-order valence-corrected chi connectivity index (χ0v) is 12.4. The second-order valence-corrected chi connectivity index (χ2v) is 5.93. The summed E-state index contributed by atoms with van der Waals surface area (Å²) >= 11 is 0. The maximum atomic E-state index is 12.3. The minimum absolute atomic E-state index is 0.191. The quantitative estimate of drug-likeness (QED) is 0.845. The van der Waals surface area contributed by atoms with Crippen molar-refractivity contribution >= 4 is 6.09 Å². The zero-order chi connectivity index (χ0) is 14.9. The molecule has 6 nitrogen and oxygen atoms in total. The molecule has 2 bridgehead atoms. The molecule has 118 valence electrons. The Hall–Kier alpha value is -1.63. The van der Waals surface area contributed by atoms with Gasteiger partial charge in [-0.3, -0.25) is 9.80 Å². The van der Waals surface area contributed by atoms with E-state index in [9.17, 15) is 4.79 Å². The first-order valence-corrected chi connectivity index (χ1v) is 7.77. The van der Waals surface area contributed by atoms with Gasteiger partial charge in [0.15, 0.2) is 6.23 Å². The third-order valence-electron chi connectivity index (χ3n) is 4.59. The number of hydrogen-bond acceptors (Lipinski definition) is 5. The number of benzene rings is 1. The number of nitrogens with zero attached hydrogens (tertiary/aromatic N) is 2. The van der Waals surface area contributed by atoms with Crippen LogP contribution in [-0.4, -0.2) is 60.7 Å². The molecule has 4 aliphatic heterocycles. The number of hydrogen-bond donors (Lipinski definition) is 0. The largest absolute Gasteiger partial charge is 0.444 e. The predicted molar refractivity (Wildman–Crippen MR) is 77.9 cm³/mol. The van der Waals surface area contributed by atoms with Gasteiger partial charge >= 0.3 is 6.09 Å². The Morgan fingerprint density at radius 3 is 2.86 bits per heavy atom. The smallest absolute Gasteiger partial charge is 0.412 e. The van der Waals surface area contributed by atoms with Crippen LogP contribution in [-0.2, 0) is 20.8 Å². The van der Waals surface area contributed by atoms with E-state index in [2.05, 4.69) is 4.90 Å². The summed E-state index contributed by atoms with van der Waals surface area (Å²) in [5.41, 5.74) is 0.991. The van der Waals surface area contributed by atoms with Gasteiger partial charge in [0, 0.05) is 13.1 Å². The van der Waals surface area contributed by atoms with Crippen LogP contribution < -0.4 is 0 Å². The van der Waals surface area contributed by atoms with Crippen molar-refractivity contribution in [3.63, 3.8) is 0 Å². The van der Waals surface area contributed by atoms with Gasteiger partial charge in [0.1, 0.15) is 6.61 Å². The van der Waals surface area contributed by atoms with Crippen molar-refractivity contribution in [2.24, 2.45) is 0 Å². The summed E-state index contributed by atoms with van der Waals surface area (Å²) < 4.78 is 16.7. The number of amides is 1. The Bertz CT molecular complexity index is 530. The van der Waals surface area contributed by atoms with E-state index in [4.69, 9.17) is 14.2 Å². The molecule has 0 spiro atoms. The molecule has 6 heteroatoms. The van der Waals surface area contributed by atoms with E-state index >= 15 is 0 Å². The van der Waals surface area contributed by atoms with Gasteiger partial charge in [-0.25, -0.2) is 4.79 Å². The van der Waals surface area contributed by atoms with Crippen LogP contribution in [0.15, 0.2) is 30.3 Å². The summed E-state index contributed by atoms with van der Waals surface area (Å²) in [6.07, 6.45) is 0.601. The molecule has 0 radical (unpaired) electrons. The first kappa shape index (κ1) is 14.0. The van der Waals surface area contributed by atoms with Gasteiger partial charge in [0.05, 0.1) is 25.5 Å². The Labute approximate surface area is 129 Å². The molecule has 0 N–H and O–H groups in total. The van der Waals surface area contributed by atoms with Gasteiger partial charge in [0.25, 0.3) is 0 Å². The van der Waals surface area contributed by atoms with Crippen molar-refractivity contribution in [2.45, 2.75) is 31.4 Å². The molecule has 4 heterocycles. The average Bonchev–Trinajstić information content (AvgIpc) is 3.07. The van der Waals surface area contributed by atoms with Crippen LogP contribution in [0.5, 0.6) is 0 Å². The highest BCUT2D eigenvalue weighted by Gasteiger charge is 2.54. The Morgan fingerprint density at radius 1 is 1.27 bits per heavy atom. The highest BCUT2D eigenvalue weighted by Crippen LogP contribution is 2.37. The van der Waals surface area contributed by atoms with E-state index < -0.39 is 0 Å². The normalized spacial score (nSPS) is 30.9. The lowest BCUT2D eigenvalue weighted by atomic mass is 9.93. The van der Waals surface area contributed by atoms with Gasteiger partial charge in [-0.05, 0) is 12.0 Å². The van der Waals surface area contributed by atoms with E-state index in [0.29, 0.717) is 19.9 Å². The van der Waals surface area contributed by atoms with E-state index in [1.165, 1.54) is 0 Å². The summed E-state index contributed by atoms with van der Waals surface area (Å²) in [6, 6.07) is 9.97. The van der Waals surface area contributed by atoms with Crippen molar-refractivity contribution in [3.05, 3.63) is 35.9 Å². The van der Waals surface area contributed by atoms with Gasteiger partial charge in [-0.1, -0.05) is 30.3 Å². The molecule has 22 heavy (non-hydrogen) atoms. The summed E-state index contributed by atoms with van der Waals surface area (Å²) in [4.78, 5) is 16.3. The number of fused-ring (bicyclic) bond motifs is 2. The van der Waals surface area contributed by atoms with Crippen molar-refractivity contribution in [2.75, 3.05) is 26.4 Å². The lowest BCUT2D eigenvalue weighted by Gasteiger charge is -2.56. The minimum atomic E-state index is -0.294. The lowest BCUT2D eigenvalue weighted by molar-refractivity contribution is -0.274. The van der Waals surface area contributed by atoms with Crippen LogP contribution in [0, 0.1) is 0 Å². The maximum absolute atomic E-state index is 12.3. The summed E-state index contributed by atoms with van der Waals surface area (Å²) in [5.74, 6) is 0. The molecular weight excluding hydrogens is 284 g/mol. The highest BCUT2D eigenvalue weighted by atomic mass is 16.6. The minimum Gasteiger partial charge on any atom is -0.444 e.